The van der Waals surface area contributed by atoms with Gasteiger partial charge in [0.05, 0.1) is 10.6 Å². The first kappa shape index (κ1) is 36.6. The molecule has 2 aliphatic rings. The number of pyridine rings is 1. The third-order valence-electron chi connectivity index (χ3n) is 10.4. The van der Waals surface area contributed by atoms with Crippen LogP contribution in [0.2, 0.25) is 5.02 Å². The molecule has 1 unspecified atom stereocenters. The van der Waals surface area contributed by atoms with Gasteiger partial charge in [-0.1, -0.05) is 73.0 Å². The average Bonchev–Trinajstić information content (AvgIpc) is 3.13. The van der Waals surface area contributed by atoms with Gasteiger partial charge in [-0.05, 0) is 117 Å². The number of ether oxygens (including phenoxy) is 3. The summed E-state index contributed by atoms with van der Waals surface area (Å²) in [5.74, 6) is 2.02. The lowest BCUT2D eigenvalue weighted by molar-refractivity contribution is 0.101. The first-order valence-electron chi connectivity index (χ1n) is 18.6. The molecule has 51 heavy (non-hydrogen) atoms. The highest BCUT2D eigenvalue weighted by Gasteiger charge is 2.18. The third kappa shape index (κ3) is 10.0. The molecule has 0 aliphatic carbocycles. The topological polar surface area (TPSA) is 67.6 Å². The molecule has 2 fully saturated rings. The molecule has 6 nitrogen and oxygen atoms in total. The van der Waals surface area contributed by atoms with Crippen molar-refractivity contribution in [1.29, 1.82) is 5.26 Å². The third-order valence-corrected chi connectivity index (χ3v) is 10.7. The lowest BCUT2D eigenvalue weighted by Gasteiger charge is -2.27. The summed E-state index contributed by atoms with van der Waals surface area (Å²) in [7, 11) is 0. The van der Waals surface area contributed by atoms with Crippen molar-refractivity contribution in [2.75, 3.05) is 26.3 Å². The molecule has 4 aromatic rings. The molecule has 7 heteroatoms. The summed E-state index contributed by atoms with van der Waals surface area (Å²) in [4.78, 5) is 6.65. The fourth-order valence-corrected chi connectivity index (χ4v) is 7.50. The quantitative estimate of drug-likeness (QED) is 0.146. The van der Waals surface area contributed by atoms with Gasteiger partial charge in [-0.15, -0.1) is 0 Å². The highest BCUT2D eigenvalue weighted by Crippen LogP contribution is 2.36. The van der Waals surface area contributed by atoms with Crippen LogP contribution in [0.15, 0.2) is 73.1 Å². The van der Waals surface area contributed by atoms with E-state index in [9.17, 15) is 5.26 Å². The van der Waals surface area contributed by atoms with Crippen molar-refractivity contribution in [3.05, 3.63) is 117 Å². The van der Waals surface area contributed by atoms with Gasteiger partial charge in [-0.2, -0.15) is 5.26 Å². The fourth-order valence-electron chi connectivity index (χ4n) is 7.26. The summed E-state index contributed by atoms with van der Waals surface area (Å²) >= 11 is 6.90. The Balaban J connectivity index is 1.18. The van der Waals surface area contributed by atoms with E-state index in [1.807, 2.05) is 18.2 Å². The number of nitrogens with zero attached hydrogens (tertiary/aromatic N) is 3. The van der Waals surface area contributed by atoms with Crippen molar-refractivity contribution in [3.8, 4) is 28.7 Å². The van der Waals surface area contributed by atoms with E-state index < -0.39 is 0 Å². The number of likely N-dealkylation sites (tertiary alicyclic amines) is 1. The zero-order valence-corrected chi connectivity index (χ0v) is 30.9. The number of hydrogen-bond donors (Lipinski definition) is 0. The van der Waals surface area contributed by atoms with Crippen molar-refractivity contribution in [2.45, 2.75) is 85.0 Å². The van der Waals surface area contributed by atoms with E-state index in [4.69, 9.17) is 25.8 Å². The van der Waals surface area contributed by atoms with E-state index in [2.05, 4.69) is 78.4 Å². The Kier molecular flexibility index (Phi) is 13.2. The van der Waals surface area contributed by atoms with Gasteiger partial charge in [0.25, 0.3) is 0 Å². The second kappa shape index (κ2) is 18.4. The summed E-state index contributed by atoms with van der Waals surface area (Å²) in [6.45, 7) is 9.75. The smallest absolute Gasteiger partial charge is 0.142 e. The fraction of sp³-hybridized carbons (Fsp3) is 0.409. The maximum absolute atomic E-state index is 9.33. The van der Waals surface area contributed by atoms with Crippen LogP contribution in [0, 0.1) is 31.1 Å². The highest BCUT2D eigenvalue weighted by atomic mass is 35.5. The summed E-state index contributed by atoms with van der Waals surface area (Å²) < 4.78 is 18.6. The van der Waals surface area contributed by atoms with Gasteiger partial charge in [0, 0.05) is 49.3 Å². The van der Waals surface area contributed by atoms with Gasteiger partial charge < -0.3 is 14.2 Å². The molecule has 0 amide bonds. The monoisotopic (exact) mass is 703 g/mol. The van der Waals surface area contributed by atoms with Crippen LogP contribution in [-0.4, -0.2) is 36.2 Å². The average molecular weight is 704 g/mol. The maximum atomic E-state index is 9.33. The minimum Gasteiger partial charge on any atom is -0.488 e. The number of hydrogen-bond acceptors (Lipinski definition) is 6. The lowest BCUT2D eigenvalue weighted by atomic mass is 9.90. The number of halogens is 1. The number of aromatic nitrogens is 1. The Morgan fingerprint density at radius 1 is 0.863 bits per heavy atom. The molecule has 0 bridgehead atoms. The number of nitriles is 1. The lowest BCUT2D eigenvalue weighted by Crippen LogP contribution is -2.29. The minimum atomic E-state index is 0.293. The van der Waals surface area contributed by atoms with E-state index in [0.29, 0.717) is 35.5 Å². The molecule has 6 rings (SSSR count). The second-order valence-electron chi connectivity index (χ2n) is 14.0. The van der Waals surface area contributed by atoms with E-state index in [1.165, 1.54) is 66.3 Å². The summed E-state index contributed by atoms with van der Waals surface area (Å²) in [5.41, 5.74) is 9.66. The molecule has 0 N–H and O–H groups in total. The molecule has 266 valence electrons. The first-order chi connectivity index (χ1) is 25.0. The Labute approximate surface area is 309 Å². The van der Waals surface area contributed by atoms with Crippen LogP contribution < -0.4 is 9.47 Å². The molecule has 1 aromatic heterocycles. The molecule has 0 radical (unpaired) electrons. The van der Waals surface area contributed by atoms with Gasteiger partial charge in [-0.25, -0.2) is 0 Å². The van der Waals surface area contributed by atoms with Crippen molar-refractivity contribution >= 4 is 17.7 Å². The molecular formula is C44H50ClN3O3. The van der Waals surface area contributed by atoms with E-state index in [0.717, 1.165) is 68.1 Å². The predicted molar refractivity (Wildman–Crippen MR) is 206 cm³/mol. The number of benzene rings is 3. The molecule has 3 aromatic carbocycles. The molecule has 1 atom stereocenters. The number of rotatable bonds is 12. The zero-order valence-electron chi connectivity index (χ0n) is 30.1. The van der Waals surface area contributed by atoms with Gasteiger partial charge in [0.2, 0.25) is 0 Å². The van der Waals surface area contributed by atoms with Gasteiger partial charge in [-0.3, -0.25) is 9.88 Å². The van der Waals surface area contributed by atoms with Crippen molar-refractivity contribution in [1.82, 2.24) is 9.88 Å². The van der Waals surface area contributed by atoms with Gasteiger partial charge in [0.1, 0.15) is 30.8 Å². The Morgan fingerprint density at radius 2 is 1.67 bits per heavy atom. The van der Waals surface area contributed by atoms with Crippen LogP contribution in [0.4, 0.5) is 0 Å². The van der Waals surface area contributed by atoms with Crippen LogP contribution >= 0.6 is 11.6 Å². The predicted octanol–water partition coefficient (Wildman–Crippen LogP) is 10.6. The minimum absolute atomic E-state index is 0.293. The SMILES string of the molecule is Cc1c(/C=C/CC2CCCCOCC2)cccc1-c1cccc(COc2cc(OCc3cncc(C#N)c3)c(CN3CCCCC3)cc2Cl)c1C. The summed E-state index contributed by atoms with van der Waals surface area (Å²) in [6.07, 6.45) is 17.6. The second-order valence-corrected chi connectivity index (χ2v) is 14.4. The van der Waals surface area contributed by atoms with Crippen LogP contribution in [0.1, 0.15) is 90.3 Å². The van der Waals surface area contributed by atoms with E-state index >= 15 is 0 Å². The molecule has 2 saturated heterocycles. The standard InChI is InChI=1S/C44H50ClN3O3/c1-32-37(13-8-12-34-11-4-7-21-49-22-18-34)14-9-16-40(32)41-17-10-15-38(33(41)2)31-51-44-25-43(50-30-36-23-35(26-46)27-47-28-36)39(24-42(44)45)29-48-19-5-3-6-20-48/h8-10,13-17,23-25,27-28,34H,3-7,11-12,18-22,29-31H2,1-2H3/b13-8+. The summed E-state index contributed by atoms with van der Waals surface area (Å²) in [5, 5.41) is 9.90. The van der Waals surface area contributed by atoms with Gasteiger partial charge in [0.15, 0.2) is 0 Å². The maximum Gasteiger partial charge on any atom is 0.142 e. The zero-order chi connectivity index (χ0) is 35.4. The Morgan fingerprint density at radius 3 is 2.51 bits per heavy atom. The Hall–Kier alpha value is -4.15. The molecule has 2 aliphatic heterocycles. The van der Waals surface area contributed by atoms with E-state index in [-0.39, 0.29) is 0 Å². The van der Waals surface area contributed by atoms with Gasteiger partial charge >= 0.3 is 0 Å². The van der Waals surface area contributed by atoms with Crippen LogP contribution in [-0.2, 0) is 24.5 Å². The van der Waals surface area contributed by atoms with E-state index in [1.54, 1.807) is 12.4 Å². The largest absolute Gasteiger partial charge is 0.488 e. The molecular weight excluding hydrogens is 654 g/mol. The van der Waals surface area contributed by atoms with Crippen LogP contribution in [0.5, 0.6) is 11.5 Å². The van der Waals surface area contributed by atoms with Crippen molar-refractivity contribution in [2.24, 2.45) is 5.92 Å². The number of allylic oxidation sites excluding steroid dienone is 1. The normalized spacial score (nSPS) is 17.1. The Bertz CT molecular complexity index is 1830. The van der Waals surface area contributed by atoms with Crippen LogP contribution in [0.25, 0.3) is 17.2 Å². The first-order valence-corrected chi connectivity index (χ1v) is 18.9. The van der Waals surface area contributed by atoms with Crippen molar-refractivity contribution < 1.29 is 14.2 Å². The van der Waals surface area contributed by atoms with Crippen LogP contribution in [0.3, 0.4) is 0 Å². The van der Waals surface area contributed by atoms with Crippen molar-refractivity contribution in [3.63, 3.8) is 0 Å². The number of piperidine rings is 1. The molecule has 0 spiro atoms. The highest BCUT2D eigenvalue weighted by molar-refractivity contribution is 6.32. The molecule has 3 heterocycles. The molecule has 0 saturated carbocycles. The summed E-state index contributed by atoms with van der Waals surface area (Å²) in [6, 6.07) is 20.9.